The van der Waals surface area contributed by atoms with Gasteiger partial charge >= 0.3 is 0 Å². The Morgan fingerprint density at radius 1 is 1.44 bits per heavy atom. The number of hydrogen-bond donors (Lipinski definition) is 1. The van der Waals surface area contributed by atoms with Crippen LogP contribution in [0.5, 0.6) is 0 Å². The van der Waals surface area contributed by atoms with Crippen molar-refractivity contribution in [1.82, 2.24) is 9.88 Å². The topological polar surface area (TPSA) is 26.2 Å². The largest absolute Gasteiger partial charge is 0.379 e. The molecule has 1 aromatic heterocycles. The highest BCUT2D eigenvalue weighted by atomic mass is 16.5. The lowest BCUT2D eigenvalue weighted by atomic mass is 10.4. The molecule has 0 aromatic carbocycles. The Morgan fingerprint density at radius 2 is 2.25 bits per heavy atom. The Balaban J connectivity index is 2.07. The highest BCUT2D eigenvalue weighted by Gasteiger charge is 1.98. The summed E-state index contributed by atoms with van der Waals surface area (Å²) < 4.78 is 7.74. The lowest BCUT2D eigenvalue weighted by molar-refractivity contribution is 0.0770. The molecular formula is C13H24N2O. The van der Waals surface area contributed by atoms with Gasteiger partial charge in [-0.1, -0.05) is 0 Å². The van der Waals surface area contributed by atoms with E-state index in [4.69, 9.17) is 4.74 Å². The van der Waals surface area contributed by atoms with E-state index in [2.05, 4.69) is 49.0 Å². The second-order valence-corrected chi connectivity index (χ2v) is 4.24. The first kappa shape index (κ1) is 13.3. The van der Waals surface area contributed by atoms with Crippen LogP contribution in [0.1, 0.15) is 32.9 Å². The van der Waals surface area contributed by atoms with Crippen LogP contribution in [0.3, 0.4) is 0 Å². The molecular weight excluding hydrogens is 200 g/mol. The van der Waals surface area contributed by atoms with Gasteiger partial charge in [-0.15, -0.1) is 0 Å². The zero-order chi connectivity index (χ0) is 11.8. The van der Waals surface area contributed by atoms with Crippen LogP contribution in [0, 0.1) is 0 Å². The predicted molar refractivity (Wildman–Crippen MR) is 67.5 cm³/mol. The molecule has 1 heterocycles. The normalized spacial score (nSPS) is 11.2. The fraction of sp³-hybridized carbons (Fsp3) is 0.692. The number of hydrogen-bond acceptors (Lipinski definition) is 2. The van der Waals surface area contributed by atoms with Crippen LogP contribution in [0.25, 0.3) is 0 Å². The average molecular weight is 224 g/mol. The standard InChI is InChI=1S/C13H24N2O/c1-4-15-9-5-7-13(15)11-14-8-6-10-16-12(2)3/h5,7,9,12,14H,4,6,8,10-11H2,1-3H3. The maximum atomic E-state index is 5.48. The molecule has 0 saturated carbocycles. The lowest BCUT2D eigenvalue weighted by Gasteiger charge is -2.09. The SMILES string of the molecule is CCn1cccc1CNCCCOC(C)C. The van der Waals surface area contributed by atoms with Crippen molar-refractivity contribution >= 4 is 0 Å². The molecule has 1 aromatic rings. The van der Waals surface area contributed by atoms with Crippen LogP contribution >= 0.6 is 0 Å². The second kappa shape index (κ2) is 7.47. The molecule has 1 N–H and O–H groups in total. The third-order valence-electron chi connectivity index (χ3n) is 2.52. The molecule has 0 aliphatic rings. The van der Waals surface area contributed by atoms with Crippen molar-refractivity contribution in [2.45, 2.75) is 46.4 Å². The van der Waals surface area contributed by atoms with Gasteiger partial charge in [0.1, 0.15) is 0 Å². The quantitative estimate of drug-likeness (QED) is 0.686. The Morgan fingerprint density at radius 3 is 2.94 bits per heavy atom. The Labute approximate surface area is 98.8 Å². The van der Waals surface area contributed by atoms with Gasteiger partial charge in [0.25, 0.3) is 0 Å². The molecule has 0 radical (unpaired) electrons. The molecule has 0 spiro atoms. The molecule has 0 bridgehead atoms. The van der Waals surface area contributed by atoms with Crippen molar-refractivity contribution in [2.75, 3.05) is 13.2 Å². The molecule has 0 fully saturated rings. The van der Waals surface area contributed by atoms with Crippen LogP contribution < -0.4 is 5.32 Å². The number of nitrogens with zero attached hydrogens (tertiary/aromatic N) is 1. The molecule has 3 heteroatoms. The first-order chi connectivity index (χ1) is 7.74. The minimum atomic E-state index is 0.345. The summed E-state index contributed by atoms with van der Waals surface area (Å²) >= 11 is 0. The maximum Gasteiger partial charge on any atom is 0.0518 e. The summed E-state index contributed by atoms with van der Waals surface area (Å²) in [7, 11) is 0. The third-order valence-corrected chi connectivity index (χ3v) is 2.52. The zero-order valence-electron chi connectivity index (χ0n) is 10.7. The van der Waals surface area contributed by atoms with Gasteiger partial charge in [-0.2, -0.15) is 0 Å². The van der Waals surface area contributed by atoms with E-state index in [-0.39, 0.29) is 0 Å². The Bertz CT molecular complexity index is 281. The summed E-state index contributed by atoms with van der Waals surface area (Å²) in [6, 6.07) is 4.27. The van der Waals surface area contributed by atoms with E-state index in [0.29, 0.717) is 6.10 Å². The van der Waals surface area contributed by atoms with Gasteiger partial charge in [-0.05, 0) is 45.9 Å². The van der Waals surface area contributed by atoms with Gasteiger partial charge in [0.05, 0.1) is 6.10 Å². The van der Waals surface area contributed by atoms with Gasteiger partial charge in [-0.25, -0.2) is 0 Å². The summed E-state index contributed by atoms with van der Waals surface area (Å²) in [4.78, 5) is 0. The van der Waals surface area contributed by atoms with Crippen LogP contribution in [-0.2, 0) is 17.8 Å². The third kappa shape index (κ3) is 4.81. The number of ether oxygens (including phenoxy) is 1. The minimum Gasteiger partial charge on any atom is -0.379 e. The van der Waals surface area contributed by atoms with Gasteiger partial charge in [0, 0.05) is 31.6 Å². The Kier molecular flexibility index (Phi) is 6.19. The Hall–Kier alpha value is -0.800. The molecule has 0 saturated heterocycles. The van der Waals surface area contributed by atoms with Crippen molar-refractivity contribution in [1.29, 1.82) is 0 Å². The molecule has 0 amide bonds. The van der Waals surface area contributed by atoms with Crippen molar-refractivity contribution < 1.29 is 4.74 Å². The monoisotopic (exact) mass is 224 g/mol. The van der Waals surface area contributed by atoms with E-state index in [0.717, 1.165) is 32.7 Å². The van der Waals surface area contributed by atoms with Crippen LogP contribution in [0.2, 0.25) is 0 Å². The van der Waals surface area contributed by atoms with Crippen molar-refractivity contribution in [2.24, 2.45) is 0 Å². The molecule has 0 unspecified atom stereocenters. The van der Waals surface area contributed by atoms with Crippen molar-refractivity contribution in [3.8, 4) is 0 Å². The minimum absolute atomic E-state index is 0.345. The highest BCUT2D eigenvalue weighted by molar-refractivity contribution is 5.06. The summed E-state index contributed by atoms with van der Waals surface area (Å²) in [5.41, 5.74) is 1.35. The molecule has 1 rings (SSSR count). The number of nitrogens with one attached hydrogen (secondary N) is 1. The van der Waals surface area contributed by atoms with E-state index < -0.39 is 0 Å². The van der Waals surface area contributed by atoms with Gasteiger partial charge in [-0.3, -0.25) is 0 Å². The van der Waals surface area contributed by atoms with E-state index in [9.17, 15) is 0 Å². The molecule has 0 aliphatic heterocycles. The number of rotatable bonds is 8. The average Bonchev–Trinajstić information content (AvgIpc) is 2.70. The molecule has 92 valence electrons. The molecule has 16 heavy (non-hydrogen) atoms. The predicted octanol–water partition coefficient (Wildman–Crippen LogP) is 2.41. The zero-order valence-corrected chi connectivity index (χ0v) is 10.7. The van der Waals surface area contributed by atoms with Crippen LogP contribution in [0.4, 0.5) is 0 Å². The first-order valence-electron chi connectivity index (χ1n) is 6.20. The van der Waals surface area contributed by atoms with Gasteiger partial charge in [0.2, 0.25) is 0 Å². The summed E-state index contributed by atoms with van der Waals surface area (Å²) in [5, 5.41) is 3.44. The number of aromatic nitrogens is 1. The highest BCUT2D eigenvalue weighted by Crippen LogP contribution is 2.01. The number of aryl methyl sites for hydroxylation is 1. The van der Waals surface area contributed by atoms with E-state index in [1.165, 1.54) is 5.69 Å². The first-order valence-corrected chi connectivity index (χ1v) is 6.20. The summed E-state index contributed by atoms with van der Waals surface area (Å²) in [5.74, 6) is 0. The lowest BCUT2D eigenvalue weighted by Crippen LogP contribution is -2.19. The van der Waals surface area contributed by atoms with Crippen molar-refractivity contribution in [3.63, 3.8) is 0 Å². The fourth-order valence-corrected chi connectivity index (χ4v) is 1.65. The van der Waals surface area contributed by atoms with Crippen LogP contribution in [0.15, 0.2) is 18.3 Å². The molecule has 0 atom stereocenters. The van der Waals surface area contributed by atoms with Crippen molar-refractivity contribution in [3.05, 3.63) is 24.0 Å². The fourth-order valence-electron chi connectivity index (χ4n) is 1.65. The maximum absolute atomic E-state index is 5.48. The smallest absolute Gasteiger partial charge is 0.0518 e. The molecule has 0 aliphatic carbocycles. The molecule has 3 nitrogen and oxygen atoms in total. The summed E-state index contributed by atoms with van der Waals surface area (Å²) in [6.45, 7) is 10.2. The van der Waals surface area contributed by atoms with Crippen LogP contribution in [-0.4, -0.2) is 23.8 Å². The van der Waals surface area contributed by atoms with E-state index >= 15 is 0 Å². The second-order valence-electron chi connectivity index (χ2n) is 4.24. The van der Waals surface area contributed by atoms with E-state index in [1.807, 2.05) is 0 Å². The van der Waals surface area contributed by atoms with E-state index in [1.54, 1.807) is 0 Å². The van der Waals surface area contributed by atoms with Gasteiger partial charge < -0.3 is 14.6 Å². The summed E-state index contributed by atoms with van der Waals surface area (Å²) in [6.07, 6.45) is 3.54. The van der Waals surface area contributed by atoms with Gasteiger partial charge in [0.15, 0.2) is 0 Å².